The monoisotopic (exact) mass is 1490 g/mol. The van der Waals surface area contributed by atoms with Crippen molar-refractivity contribution in [3.63, 3.8) is 0 Å². The van der Waals surface area contributed by atoms with Gasteiger partial charge < -0.3 is 36.2 Å². The van der Waals surface area contributed by atoms with Crippen LogP contribution in [0.15, 0.2) is 97.1 Å². The number of aliphatic hydroxyl groups is 2. The van der Waals surface area contributed by atoms with E-state index in [4.69, 9.17) is 22.4 Å². The number of aryl methyl sites for hydroxylation is 2. The summed E-state index contributed by atoms with van der Waals surface area (Å²) >= 11 is 5.79. The van der Waals surface area contributed by atoms with Crippen LogP contribution in [0, 0.1) is 25.5 Å². The van der Waals surface area contributed by atoms with Crippen LogP contribution in [0.4, 0.5) is 71.0 Å². The van der Waals surface area contributed by atoms with Crippen LogP contribution in [0.5, 0.6) is 0 Å². The second-order valence-corrected chi connectivity index (χ2v) is 27.7. The molecule has 21 nitrogen and oxygen atoms in total. The summed E-state index contributed by atoms with van der Waals surface area (Å²) in [5.41, 5.74) is 5.87. The lowest BCUT2D eigenvalue weighted by Crippen LogP contribution is -2.47. The molecule has 0 bridgehead atoms. The van der Waals surface area contributed by atoms with E-state index in [0.29, 0.717) is 115 Å². The predicted octanol–water partition coefficient (Wildman–Crippen LogP) is 11.4. The summed E-state index contributed by atoms with van der Waals surface area (Å²) in [5, 5.41) is 31.1. The number of pyridine rings is 3. The molecule has 8 N–H and O–H groups in total. The van der Waals surface area contributed by atoms with Gasteiger partial charge >= 0.3 is 24.5 Å². The molecule has 2 aliphatic rings. The van der Waals surface area contributed by atoms with Crippen LogP contribution in [0.3, 0.4) is 0 Å². The van der Waals surface area contributed by atoms with E-state index in [2.05, 4.69) is 29.7 Å². The number of hydrogen-bond acceptors (Lipinski definition) is 17. The zero-order valence-corrected chi connectivity index (χ0v) is 57.5. The number of rotatable bonds is 16. The van der Waals surface area contributed by atoms with Crippen molar-refractivity contribution in [2.75, 3.05) is 110 Å². The van der Waals surface area contributed by atoms with Crippen LogP contribution in [0.25, 0.3) is 32.7 Å². The SMILES string of the molecule is CC(=O)c1ccc2nc(C(F)(F)F)cc(Cl)c2c1.Cc1cc([C@@H](C)N)c(F)cc1NS(C)(=O)=O.Cc1cc([C@@H](C)NC(=O)c2ccc3nc(C(F)(F)F)cc(N4CCN(CCO)CC4)c3c2)c(F)cc1NS(C)(=O)=O.O=C(O)c1ccc2nc(C(F)(F)F)cc(N3CCN(CCO)CC3)c2c1. The van der Waals surface area contributed by atoms with Crippen molar-refractivity contribution in [3.05, 3.63) is 170 Å². The molecule has 5 aromatic carbocycles. The van der Waals surface area contributed by atoms with Gasteiger partial charge in [-0.1, -0.05) is 11.6 Å². The van der Waals surface area contributed by atoms with E-state index in [1.165, 1.54) is 67.6 Å². The maximum atomic E-state index is 14.9. The first-order valence-corrected chi connectivity index (χ1v) is 34.8. The lowest BCUT2D eigenvalue weighted by molar-refractivity contribution is -0.141. The van der Waals surface area contributed by atoms with Crippen molar-refractivity contribution in [2.24, 2.45) is 5.73 Å². The molecule has 101 heavy (non-hydrogen) atoms. The fraction of sp³-hybridized carbons (Fsp3) is 0.364. The highest BCUT2D eigenvalue weighted by molar-refractivity contribution is 7.92. The number of piperazine rings is 2. The lowest BCUT2D eigenvalue weighted by atomic mass is 10.0. The van der Waals surface area contributed by atoms with Gasteiger partial charge in [0.15, 0.2) is 5.78 Å². The van der Waals surface area contributed by atoms with Gasteiger partial charge in [0.1, 0.15) is 28.7 Å². The van der Waals surface area contributed by atoms with Gasteiger partial charge in [0.2, 0.25) is 20.0 Å². The first kappa shape index (κ1) is 79.7. The number of β-amino-alcohol motifs (C(OH)–C–C–N with tert-alkyl or cyclic N) is 2. The molecule has 2 fully saturated rings. The minimum atomic E-state index is -4.66. The van der Waals surface area contributed by atoms with Crippen molar-refractivity contribution in [2.45, 2.75) is 65.2 Å². The number of carboxylic acid groups (broad SMARTS) is 1. The first-order valence-electron chi connectivity index (χ1n) is 30.7. The van der Waals surface area contributed by atoms with Gasteiger partial charge in [-0.3, -0.25) is 28.8 Å². The van der Waals surface area contributed by atoms with Gasteiger partial charge in [-0.25, -0.2) is 45.4 Å². The number of aromatic nitrogens is 3. The number of amides is 1. The molecule has 5 heterocycles. The molecule has 0 unspecified atom stereocenters. The Morgan fingerprint density at radius 2 is 0.921 bits per heavy atom. The molecule has 2 saturated heterocycles. The van der Waals surface area contributed by atoms with E-state index in [0.717, 1.165) is 42.8 Å². The third-order valence-corrected chi connectivity index (χ3v) is 17.5. The molecule has 546 valence electrons. The minimum Gasteiger partial charge on any atom is -0.478 e. The molecular weight excluding hydrogens is 1420 g/mol. The number of fused-ring (bicyclic) bond motifs is 3. The number of aliphatic hydroxyl groups excluding tert-OH is 2. The predicted molar refractivity (Wildman–Crippen MR) is 361 cm³/mol. The smallest absolute Gasteiger partial charge is 0.433 e. The van der Waals surface area contributed by atoms with E-state index < -0.39 is 91.3 Å². The summed E-state index contributed by atoms with van der Waals surface area (Å²) < 4.78 is 196. The normalized spacial score (nSPS) is 14.8. The molecule has 3 aromatic heterocycles. The highest BCUT2D eigenvalue weighted by Gasteiger charge is 2.37. The van der Waals surface area contributed by atoms with E-state index in [1.54, 1.807) is 38.7 Å². The summed E-state index contributed by atoms with van der Waals surface area (Å²) in [6.07, 6.45) is -11.8. The Morgan fingerprint density at radius 1 is 0.554 bits per heavy atom. The van der Waals surface area contributed by atoms with Crippen molar-refractivity contribution in [1.29, 1.82) is 0 Å². The molecule has 35 heteroatoms. The zero-order chi connectivity index (χ0) is 75.0. The molecule has 8 aromatic rings. The summed E-state index contributed by atoms with van der Waals surface area (Å²) in [7, 11) is -7.02. The molecule has 0 spiro atoms. The van der Waals surface area contributed by atoms with Gasteiger partial charge in [0, 0.05) is 121 Å². The third-order valence-electron chi connectivity index (χ3n) is 16.0. The number of alkyl halides is 9. The highest BCUT2D eigenvalue weighted by Crippen LogP contribution is 2.39. The Bertz CT molecular complexity index is 4620. The largest absolute Gasteiger partial charge is 0.478 e. The number of nitrogens with one attached hydrogen (secondary N) is 3. The van der Waals surface area contributed by atoms with Crippen LogP contribution in [0.2, 0.25) is 5.02 Å². The van der Waals surface area contributed by atoms with Crippen molar-refractivity contribution in [1.82, 2.24) is 30.1 Å². The number of aromatic carboxylic acids is 1. The van der Waals surface area contributed by atoms with Crippen molar-refractivity contribution >= 4 is 105 Å². The van der Waals surface area contributed by atoms with E-state index in [1.807, 2.05) is 14.7 Å². The molecule has 0 radical (unpaired) electrons. The first-order chi connectivity index (χ1) is 46.9. The highest BCUT2D eigenvalue weighted by atomic mass is 35.5. The topological polar surface area (TPSA) is 294 Å². The molecule has 2 atom stereocenters. The van der Waals surface area contributed by atoms with Gasteiger partial charge in [0.25, 0.3) is 5.91 Å². The number of ketones is 1. The number of nitrogens with two attached hydrogens (primary N) is 1. The number of Topliss-reactive ketones (excluding diaryl/α,β-unsaturated/α-hetero) is 1. The number of sulfonamides is 2. The molecule has 0 saturated carbocycles. The number of anilines is 4. The number of carboxylic acids is 1. The Kier molecular flexibility index (Phi) is 25.7. The Hall–Kier alpha value is -8.64. The maximum Gasteiger partial charge on any atom is 0.433 e. The van der Waals surface area contributed by atoms with Crippen LogP contribution in [0.1, 0.15) is 103 Å². The van der Waals surface area contributed by atoms with Crippen LogP contribution in [-0.4, -0.2) is 166 Å². The summed E-state index contributed by atoms with van der Waals surface area (Å²) in [5.74, 6) is -3.14. The van der Waals surface area contributed by atoms with Gasteiger partial charge in [0.05, 0.1) is 70.3 Å². The fourth-order valence-corrected chi connectivity index (χ4v) is 12.3. The number of carbonyl (C=O) groups is 3. The fourth-order valence-electron chi connectivity index (χ4n) is 10.8. The number of carbonyl (C=O) groups excluding carboxylic acids is 2. The van der Waals surface area contributed by atoms with E-state index in [9.17, 15) is 89.7 Å². The lowest BCUT2D eigenvalue weighted by Gasteiger charge is -2.36. The quantitative estimate of drug-likeness (QED) is 0.0349. The molecule has 10 rings (SSSR count). The van der Waals surface area contributed by atoms with Gasteiger partial charge in [-0.15, -0.1) is 0 Å². The average molecular weight is 1490 g/mol. The Morgan fingerprint density at radius 3 is 1.31 bits per heavy atom. The Labute approximate surface area is 578 Å². The minimum absolute atomic E-state index is 0.000717. The number of benzene rings is 5. The molecule has 0 aliphatic carbocycles. The van der Waals surface area contributed by atoms with E-state index in [-0.39, 0.29) is 68.6 Å². The van der Waals surface area contributed by atoms with E-state index >= 15 is 0 Å². The zero-order valence-electron chi connectivity index (χ0n) is 55.1. The van der Waals surface area contributed by atoms with Gasteiger partial charge in [-0.2, -0.15) is 39.5 Å². The van der Waals surface area contributed by atoms with Crippen LogP contribution in [-0.2, 0) is 38.6 Å². The number of hydrogen-bond donors (Lipinski definition) is 7. The third kappa shape index (κ3) is 21.5. The molecule has 1 amide bonds. The summed E-state index contributed by atoms with van der Waals surface area (Å²) in [6.45, 7) is 13.0. The standard InChI is InChI=1S/C27H31F4N5O4S.C17H18F3N3O3.C12H7ClF3NO.C10H15FN2O2S/c1-16-12-19(21(28)14-23(16)34-41(3,39)40)17(2)32-26(38)18-4-5-22-20(13-18)24(15-25(33-22)27(29,30)31)36-8-6-35(7-9-36)10-11-37;18-17(19,20)15-10-14(23-5-3-22(4-6-23)7-8-24)12-9-11(16(25)26)1-2-13(12)21-15;1-6(18)7-2-3-10-8(4-7)9(13)5-11(17-10)12(14,15)16;1-6-4-8(7(2)12)9(11)5-10(6)13-16(3,14)15/h4-5,12-15,17,34,37H,6-11H2,1-3H3,(H,32,38);1-2,9-10,24H,3-8H2,(H,25,26);2-5H,1H3;4-5,7,13H,12H2,1-3H3/t17-;;;7-/m1..1/s1. The second-order valence-electron chi connectivity index (χ2n) is 23.8. The van der Waals surface area contributed by atoms with Gasteiger partial charge in [-0.05, 0) is 143 Å². The second kappa shape index (κ2) is 32.6. The number of halogens is 12. The summed E-state index contributed by atoms with van der Waals surface area (Å²) in [4.78, 5) is 54.2. The summed E-state index contributed by atoms with van der Waals surface area (Å²) in [6, 6.07) is 19.0. The van der Waals surface area contributed by atoms with Crippen LogP contribution < -0.4 is 30.3 Å². The van der Waals surface area contributed by atoms with Crippen molar-refractivity contribution < 1.29 is 94.8 Å². The van der Waals surface area contributed by atoms with Crippen molar-refractivity contribution in [3.8, 4) is 0 Å². The molecular formula is C66H71ClF11N11O10S2. The number of nitrogens with zero attached hydrogens (tertiary/aromatic N) is 7. The molecule has 2 aliphatic heterocycles. The van der Waals surface area contributed by atoms with Crippen LogP contribution >= 0.6 is 11.6 Å². The Balaban J connectivity index is 0.000000204. The maximum absolute atomic E-state index is 14.9. The average Bonchev–Trinajstić information content (AvgIpc) is 0.783.